The highest BCUT2D eigenvalue weighted by Gasteiger charge is 2.41. The molecule has 16 heteroatoms. The number of aromatic amines is 1. The second-order valence-corrected chi connectivity index (χ2v) is 10.9. The zero-order valence-electron chi connectivity index (χ0n) is 23.1. The molecule has 0 unspecified atom stereocenters. The molecule has 2 aromatic rings. The smallest absolute Gasteiger partial charge is 0.413 e. The zero-order valence-corrected chi connectivity index (χ0v) is 24.0. The predicted octanol–water partition coefficient (Wildman–Crippen LogP) is 1.21. The molecule has 2 atom stereocenters. The first kappa shape index (κ1) is 31.1. The van der Waals surface area contributed by atoms with E-state index in [4.69, 9.17) is 14.9 Å². The number of nitrogens with one attached hydrogen (secondary N) is 7. The Balaban J connectivity index is 1.43. The zero-order chi connectivity index (χ0) is 30.2. The molecular formula is C25H34N8O7S. The highest BCUT2D eigenvalue weighted by molar-refractivity contribution is 7.14. The Hall–Kier alpha value is -4.47. The Morgan fingerprint density at radius 3 is 2.61 bits per heavy atom. The van der Waals surface area contributed by atoms with Crippen LogP contribution in [0.25, 0.3) is 0 Å². The molecule has 222 valence electrons. The molecule has 7 N–H and O–H groups in total. The number of thiazole rings is 1. The van der Waals surface area contributed by atoms with Gasteiger partial charge in [-0.1, -0.05) is 13.3 Å². The lowest BCUT2D eigenvalue weighted by atomic mass is 9.98. The van der Waals surface area contributed by atoms with Crippen molar-refractivity contribution in [3.8, 4) is 5.75 Å². The van der Waals surface area contributed by atoms with Gasteiger partial charge in [0.15, 0.2) is 10.9 Å². The number of rotatable bonds is 12. The van der Waals surface area contributed by atoms with Gasteiger partial charge in [0.25, 0.3) is 5.91 Å². The first-order valence-corrected chi connectivity index (χ1v) is 13.8. The van der Waals surface area contributed by atoms with Crippen molar-refractivity contribution in [3.63, 3.8) is 0 Å². The largest absolute Gasteiger partial charge is 0.488 e. The Labute approximate surface area is 239 Å². The number of pyridine rings is 1. The molecule has 0 bridgehead atoms. The van der Waals surface area contributed by atoms with E-state index in [2.05, 4.69) is 36.6 Å². The summed E-state index contributed by atoms with van der Waals surface area (Å²) in [6.07, 6.45) is 2.50. The molecule has 1 fully saturated rings. The monoisotopic (exact) mass is 590 g/mol. The summed E-state index contributed by atoms with van der Waals surface area (Å²) in [5.74, 6) is -1.11. The molecule has 0 aromatic carbocycles. The van der Waals surface area contributed by atoms with Crippen molar-refractivity contribution in [2.45, 2.75) is 64.8 Å². The highest BCUT2D eigenvalue weighted by atomic mass is 32.1. The summed E-state index contributed by atoms with van der Waals surface area (Å²) in [6, 6.07) is -0.796. The van der Waals surface area contributed by atoms with Gasteiger partial charge in [0.1, 0.15) is 23.0 Å². The number of hydrogen-bond acceptors (Lipinski definition) is 10. The number of anilines is 1. The lowest BCUT2D eigenvalue weighted by Crippen LogP contribution is -2.72. The van der Waals surface area contributed by atoms with Gasteiger partial charge in [0.2, 0.25) is 11.3 Å². The standard InChI is InChI=1S/C25H34N8O7S/c1-5-6-7-39-17-11-27-13(8-16(17)34)9-28-22(37)29-10-14-19(21(36)30-14)32-20(35)18(26)15-12-41-23(31-15)33-24(38)40-25(2,3)4/h8,11-12,14,19,26H,5-7,9-10H2,1-4H3,(H,27,34)(H,30,36)(H,32,35)(H2,28,29,37)(H,31,33,38)/t14-,19+/m1/s1. The van der Waals surface area contributed by atoms with Crippen molar-refractivity contribution in [2.75, 3.05) is 18.5 Å². The molecule has 0 spiro atoms. The minimum atomic E-state index is -0.974. The number of amides is 5. The molecule has 1 aliphatic rings. The van der Waals surface area contributed by atoms with E-state index in [0.717, 1.165) is 24.2 Å². The number of H-pyrrole nitrogens is 1. The van der Waals surface area contributed by atoms with Crippen LogP contribution in [0.1, 0.15) is 51.9 Å². The van der Waals surface area contributed by atoms with Crippen LogP contribution in [0, 0.1) is 5.41 Å². The first-order valence-electron chi connectivity index (χ1n) is 12.9. The summed E-state index contributed by atoms with van der Waals surface area (Å²) in [5, 5.41) is 22.3. The number of carbonyl (C=O) groups excluding carboxylic acids is 4. The lowest BCUT2D eigenvalue weighted by molar-refractivity contribution is -0.134. The number of aromatic nitrogens is 2. The molecule has 0 radical (unpaired) electrons. The van der Waals surface area contributed by atoms with Crippen LogP contribution in [0.3, 0.4) is 0 Å². The van der Waals surface area contributed by atoms with E-state index >= 15 is 0 Å². The minimum absolute atomic E-state index is 0.00274. The maximum atomic E-state index is 12.6. The predicted molar refractivity (Wildman–Crippen MR) is 150 cm³/mol. The van der Waals surface area contributed by atoms with Gasteiger partial charge in [-0.25, -0.2) is 14.6 Å². The number of ether oxygens (including phenoxy) is 2. The molecule has 2 aromatic heterocycles. The maximum Gasteiger partial charge on any atom is 0.413 e. The number of urea groups is 1. The number of carbonyl (C=O) groups is 4. The topological polar surface area (TPSA) is 216 Å². The van der Waals surface area contributed by atoms with E-state index in [1.54, 1.807) is 20.8 Å². The molecule has 41 heavy (non-hydrogen) atoms. The SMILES string of the molecule is CCCCOc1c[nH]c(CNC(=O)NC[C@H]2NC(=O)[C@H]2NC(=O)C(=N)c2csc(NC(=O)OC(C)(C)C)n2)cc1=O. The molecule has 1 saturated heterocycles. The van der Waals surface area contributed by atoms with Crippen LogP contribution in [-0.2, 0) is 20.9 Å². The summed E-state index contributed by atoms with van der Waals surface area (Å²) in [5.41, 5.74) is -1.03. The third-order valence-corrected chi connectivity index (χ3v) is 6.27. The van der Waals surface area contributed by atoms with Crippen molar-refractivity contribution < 1.29 is 28.7 Å². The fraction of sp³-hybridized carbons (Fsp3) is 0.480. The van der Waals surface area contributed by atoms with E-state index in [0.29, 0.717) is 12.3 Å². The van der Waals surface area contributed by atoms with Gasteiger partial charge in [0.05, 0.1) is 19.2 Å². The van der Waals surface area contributed by atoms with Gasteiger partial charge >= 0.3 is 12.1 Å². The summed E-state index contributed by atoms with van der Waals surface area (Å²) in [6.45, 7) is 7.63. The van der Waals surface area contributed by atoms with Crippen LogP contribution >= 0.6 is 11.3 Å². The van der Waals surface area contributed by atoms with E-state index in [1.165, 1.54) is 17.6 Å². The van der Waals surface area contributed by atoms with Crippen molar-refractivity contribution in [1.29, 1.82) is 5.41 Å². The van der Waals surface area contributed by atoms with Crippen LogP contribution in [-0.4, -0.2) is 70.5 Å². The fourth-order valence-electron chi connectivity index (χ4n) is 3.43. The van der Waals surface area contributed by atoms with E-state index in [9.17, 15) is 24.0 Å². The Morgan fingerprint density at radius 1 is 1.20 bits per heavy atom. The van der Waals surface area contributed by atoms with Crippen molar-refractivity contribution in [3.05, 3.63) is 39.3 Å². The summed E-state index contributed by atoms with van der Waals surface area (Å²) in [7, 11) is 0. The summed E-state index contributed by atoms with van der Waals surface area (Å²) in [4.78, 5) is 67.8. The van der Waals surface area contributed by atoms with Crippen molar-refractivity contribution in [2.24, 2.45) is 0 Å². The molecular weight excluding hydrogens is 556 g/mol. The number of unbranched alkanes of at least 4 members (excludes halogenated alkanes) is 1. The van der Waals surface area contributed by atoms with Crippen LogP contribution in [0.4, 0.5) is 14.7 Å². The first-order chi connectivity index (χ1) is 19.4. The molecule has 3 heterocycles. The summed E-state index contributed by atoms with van der Waals surface area (Å²) < 4.78 is 10.6. The van der Waals surface area contributed by atoms with Crippen molar-refractivity contribution >= 4 is 46.1 Å². The van der Waals surface area contributed by atoms with Gasteiger partial charge in [-0.3, -0.25) is 25.1 Å². The fourth-order valence-corrected chi connectivity index (χ4v) is 4.11. The maximum absolute atomic E-state index is 12.6. The van der Waals surface area contributed by atoms with Gasteiger partial charge in [-0.15, -0.1) is 11.3 Å². The number of nitrogens with zero attached hydrogens (tertiary/aromatic N) is 1. The third kappa shape index (κ3) is 9.30. The minimum Gasteiger partial charge on any atom is -0.488 e. The molecule has 15 nitrogen and oxygen atoms in total. The number of β-lactam (4-membered cyclic amide) rings is 1. The highest BCUT2D eigenvalue weighted by Crippen LogP contribution is 2.18. The van der Waals surface area contributed by atoms with Gasteiger partial charge in [0, 0.05) is 29.9 Å². The average molecular weight is 591 g/mol. The second kappa shape index (κ2) is 13.7. The van der Waals surface area contributed by atoms with Crippen LogP contribution in [0.2, 0.25) is 0 Å². The Morgan fingerprint density at radius 2 is 1.95 bits per heavy atom. The van der Waals surface area contributed by atoms with Crippen LogP contribution in [0.15, 0.2) is 22.4 Å². The van der Waals surface area contributed by atoms with Crippen LogP contribution in [0.5, 0.6) is 5.75 Å². The number of hydrogen-bond donors (Lipinski definition) is 7. The van der Waals surface area contributed by atoms with Gasteiger partial charge in [-0.05, 0) is 27.2 Å². The average Bonchev–Trinajstić information content (AvgIpc) is 3.36. The molecule has 5 amide bonds. The molecule has 3 rings (SSSR count). The van der Waals surface area contributed by atoms with Gasteiger partial charge < -0.3 is 35.7 Å². The molecule has 0 aliphatic carbocycles. The van der Waals surface area contributed by atoms with E-state index in [1.807, 2.05) is 6.92 Å². The Bertz CT molecular complexity index is 1350. The van der Waals surface area contributed by atoms with Crippen molar-refractivity contribution in [1.82, 2.24) is 31.2 Å². The Kier molecular flexibility index (Phi) is 10.4. The second-order valence-electron chi connectivity index (χ2n) is 10.1. The quantitative estimate of drug-likeness (QED) is 0.108. The van der Waals surface area contributed by atoms with E-state index < -0.39 is 47.3 Å². The summed E-state index contributed by atoms with van der Waals surface area (Å²) >= 11 is 1.01. The van der Waals surface area contributed by atoms with E-state index in [-0.39, 0.29) is 35.1 Å². The normalized spacial score (nSPS) is 16.0. The molecule has 0 saturated carbocycles. The lowest BCUT2D eigenvalue weighted by Gasteiger charge is -2.37. The third-order valence-electron chi connectivity index (χ3n) is 5.51. The van der Waals surface area contributed by atoms with Gasteiger partial charge in [-0.2, -0.15) is 0 Å². The molecule has 1 aliphatic heterocycles. The van der Waals surface area contributed by atoms with Crippen LogP contribution < -0.4 is 36.7 Å².